The maximum Gasteiger partial charge on any atom is 0.224 e. The van der Waals surface area contributed by atoms with Gasteiger partial charge in [0.15, 0.2) is 0 Å². The van der Waals surface area contributed by atoms with Crippen molar-refractivity contribution in [2.75, 3.05) is 6.54 Å². The number of carbonyl (C=O) groups is 1. The zero-order chi connectivity index (χ0) is 15.3. The van der Waals surface area contributed by atoms with Crippen LogP contribution in [0.3, 0.4) is 0 Å². The zero-order valence-electron chi connectivity index (χ0n) is 12.9. The van der Waals surface area contributed by atoms with Crippen molar-refractivity contribution in [1.29, 1.82) is 0 Å². The van der Waals surface area contributed by atoms with Gasteiger partial charge in [-0.15, -0.1) is 0 Å². The minimum atomic E-state index is 0.119. The normalized spacial score (nSPS) is 16.4. The smallest absolute Gasteiger partial charge is 0.224 e. The maximum atomic E-state index is 12.2. The first-order chi connectivity index (χ1) is 10.8. The summed E-state index contributed by atoms with van der Waals surface area (Å²) < 4.78 is 0. The molecule has 1 saturated carbocycles. The fourth-order valence-corrected chi connectivity index (χ4v) is 3.52. The summed E-state index contributed by atoms with van der Waals surface area (Å²) in [5.41, 5.74) is 2.57. The molecule has 114 valence electrons. The molecule has 0 aliphatic heterocycles. The van der Waals surface area contributed by atoms with Crippen molar-refractivity contribution in [1.82, 2.24) is 5.32 Å². The molecular weight excluding hydrogens is 270 g/mol. The quantitative estimate of drug-likeness (QED) is 0.891. The van der Waals surface area contributed by atoms with Crippen molar-refractivity contribution in [3.8, 4) is 0 Å². The van der Waals surface area contributed by atoms with E-state index in [1.165, 1.54) is 31.2 Å². The Morgan fingerprint density at radius 2 is 1.50 bits per heavy atom. The van der Waals surface area contributed by atoms with Crippen LogP contribution in [0.5, 0.6) is 0 Å². The van der Waals surface area contributed by atoms with Crippen molar-refractivity contribution >= 4 is 5.91 Å². The monoisotopic (exact) mass is 293 g/mol. The second-order valence-corrected chi connectivity index (χ2v) is 6.29. The first-order valence-electron chi connectivity index (χ1n) is 8.15. The highest BCUT2D eigenvalue weighted by Crippen LogP contribution is 2.40. The first kappa shape index (κ1) is 14.8. The molecule has 2 nitrogen and oxygen atoms in total. The van der Waals surface area contributed by atoms with E-state index in [0.717, 1.165) is 12.1 Å². The highest BCUT2D eigenvalue weighted by Gasteiger charge is 2.35. The SMILES string of the molecule is O=C(Cc1ccccc1)NCC1(c2ccccc2)CCCC1. The molecule has 2 heteroatoms. The molecule has 22 heavy (non-hydrogen) atoms. The van der Waals surface area contributed by atoms with E-state index >= 15 is 0 Å². The van der Waals surface area contributed by atoms with Crippen LogP contribution in [0.25, 0.3) is 0 Å². The van der Waals surface area contributed by atoms with E-state index in [9.17, 15) is 4.79 Å². The van der Waals surface area contributed by atoms with Gasteiger partial charge in [0.05, 0.1) is 6.42 Å². The number of rotatable bonds is 5. The Kier molecular flexibility index (Phi) is 4.57. The van der Waals surface area contributed by atoms with Crippen molar-refractivity contribution in [3.05, 3.63) is 71.8 Å². The number of hydrogen-bond acceptors (Lipinski definition) is 1. The van der Waals surface area contributed by atoms with Crippen LogP contribution in [0.4, 0.5) is 0 Å². The van der Waals surface area contributed by atoms with E-state index in [2.05, 4.69) is 35.6 Å². The molecule has 1 fully saturated rings. The molecule has 2 aromatic carbocycles. The molecule has 0 aromatic heterocycles. The van der Waals surface area contributed by atoms with Gasteiger partial charge in [-0.1, -0.05) is 73.5 Å². The van der Waals surface area contributed by atoms with E-state index < -0.39 is 0 Å². The van der Waals surface area contributed by atoms with E-state index in [1.54, 1.807) is 0 Å². The third-order valence-electron chi connectivity index (χ3n) is 4.78. The van der Waals surface area contributed by atoms with Gasteiger partial charge >= 0.3 is 0 Å². The molecule has 1 amide bonds. The summed E-state index contributed by atoms with van der Waals surface area (Å²) in [6.07, 6.45) is 5.31. The topological polar surface area (TPSA) is 29.1 Å². The van der Waals surface area contributed by atoms with Crippen LogP contribution in [0.2, 0.25) is 0 Å². The maximum absolute atomic E-state index is 12.2. The van der Waals surface area contributed by atoms with Gasteiger partial charge in [-0.2, -0.15) is 0 Å². The predicted molar refractivity (Wildman–Crippen MR) is 89.7 cm³/mol. The number of amides is 1. The summed E-state index contributed by atoms with van der Waals surface area (Å²) in [5, 5.41) is 3.17. The lowest BCUT2D eigenvalue weighted by atomic mass is 9.79. The summed E-state index contributed by atoms with van der Waals surface area (Å²) in [6, 6.07) is 20.6. The Bertz CT molecular complexity index is 600. The fraction of sp³-hybridized carbons (Fsp3) is 0.350. The van der Waals surface area contributed by atoms with Gasteiger partial charge in [-0.3, -0.25) is 4.79 Å². The third kappa shape index (κ3) is 3.38. The summed E-state index contributed by atoms with van der Waals surface area (Å²) in [5.74, 6) is 0.119. The molecule has 0 radical (unpaired) electrons. The summed E-state index contributed by atoms with van der Waals surface area (Å²) in [6.45, 7) is 0.753. The van der Waals surface area contributed by atoms with Gasteiger partial charge in [-0.25, -0.2) is 0 Å². The number of benzene rings is 2. The predicted octanol–water partition coefficient (Wildman–Crippen LogP) is 3.86. The Morgan fingerprint density at radius 1 is 0.909 bits per heavy atom. The third-order valence-corrected chi connectivity index (χ3v) is 4.78. The minimum absolute atomic E-state index is 0.119. The highest BCUT2D eigenvalue weighted by molar-refractivity contribution is 5.78. The molecule has 0 atom stereocenters. The molecule has 0 spiro atoms. The molecule has 3 rings (SSSR count). The van der Waals surface area contributed by atoms with Crippen molar-refractivity contribution < 1.29 is 4.79 Å². The highest BCUT2D eigenvalue weighted by atomic mass is 16.1. The first-order valence-corrected chi connectivity index (χ1v) is 8.15. The second-order valence-electron chi connectivity index (χ2n) is 6.29. The molecule has 0 heterocycles. The Hall–Kier alpha value is -2.09. The zero-order valence-corrected chi connectivity index (χ0v) is 12.9. The number of carbonyl (C=O) groups excluding carboxylic acids is 1. The lowest BCUT2D eigenvalue weighted by Crippen LogP contribution is -2.39. The molecular formula is C20H23NO. The average Bonchev–Trinajstić information content (AvgIpc) is 3.05. The Morgan fingerprint density at radius 3 is 2.14 bits per heavy atom. The lowest BCUT2D eigenvalue weighted by Gasteiger charge is -2.30. The summed E-state index contributed by atoms with van der Waals surface area (Å²) in [4.78, 5) is 12.2. The van der Waals surface area contributed by atoms with E-state index in [4.69, 9.17) is 0 Å². The van der Waals surface area contributed by atoms with Gasteiger partial charge in [-0.05, 0) is 24.0 Å². The molecule has 1 N–H and O–H groups in total. The molecule has 0 bridgehead atoms. The van der Waals surface area contributed by atoms with E-state index in [1.807, 2.05) is 30.3 Å². The molecule has 1 aliphatic carbocycles. The Balaban J connectivity index is 1.64. The second kappa shape index (κ2) is 6.78. The van der Waals surface area contributed by atoms with Gasteiger partial charge in [0.25, 0.3) is 0 Å². The Labute approximate surface area is 132 Å². The van der Waals surface area contributed by atoms with Crippen LogP contribution in [0.15, 0.2) is 60.7 Å². The number of nitrogens with one attached hydrogen (secondary N) is 1. The average molecular weight is 293 g/mol. The number of hydrogen-bond donors (Lipinski definition) is 1. The van der Waals surface area contributed by atoms with Gasteiger partial charge in [0.2, 0.25) is 5.91 Å². The molecule has 2 aromatic rings. The van der Waals surface area contributed by atoms with Crippen molar-refractivity contribution in [2.24, 2.45) is 0 Å². The van der Waals surface area contributed by atoms with Crippen LogP contribution >= 0.6 is 0 Å². The van der Waals surface area contributed by atoms with Crippen LogP contribution in [0.1, 0.15) is 36.8 Å². The van der Waals surface area contributed by atoms with Crippen molar-refractivity contribution in [3.63, 3.8) is 0 Å². The van der Waals surface area contributed by atoms with Crippen molar-refractivity contribution in [2.45, 2.75) is 37.5 Å². The van der Waals surface area contributed by atoms with Crippen LogP contribution in [0, 0.1) is 0 Å². The largest absolute Gasteiger partial charge is 0.355 e. The van der Waals surface area contributed by atoms with Gasteiger partial charge in [0.1, 0.15) is 0 Å². The van der Waals surface area contributed by atoms with Crippen LogP contribution < -0.4 is 5.32 Å². The van der Waals surface area contributed by atoms with Crippen LogP contribution in [-0.4, -0.2) is 12.5 Å². The lowest BCUT2D eigenvalue weighted by molar-refractivity contribution is -0.120. The van der Waals surface area contributed by atoms with Crippen LogP contribution in [-0.2, 0) is 16.6 Å². The summed E-state index contributed by atoms with van der Waals surface area (Å²) >= 11 is 0. The van der Waals surface area contributed by atoms with Gasteiger partial charge in [0, 0.05) is 12.0 Å². The van der Waals surface area contributed by atoms with E-state index in [0.29, 0.717) is 6.42 Å². The van der Waals surface area contributed by atoms with E-state index in [-0.39, 0.29) is 11.3 Å². The standard InChI is InChI=1S/C20H23NO/c22-19(15-17-9-3-1-4-10-17)21-16-20(13-7-8-14-20)18-11-5-2-6-12-18/h1-6,9-12H,7-8,13-16H2,(H,21,22). The fourth-order valence-electron chi connectivity index (χ4n) is 3.52. The molecule has 1 aliphatic rings. The summed E-state index contributed by atoms with van der Waals surface area (Å²) in [7, 11) is 0. The minimum Gasteiger partial charge on any atom is -0.355 e. The van der Waals surface area contributed by atoms with Gasteiger partial charge < -0.3 is 5.32 Å². The molecule has 0 saturated heterocycles. The molecule has 0 unspecified atom stereocenters.